The third-order valence-corrected chi connectivity index (χ3v) is 2.72. The molecule has 0 rings (SSSR count). The summed E-state index contributed by atoms with van der Waals surface area (Å²) in [5.41, 5.74) is 5.29. The SMILES string of the molecule is CC(N)C(=O)NCC(=O)NC(C(=O)NC(CO)C(=O)O)C(C)O. The molecular weight excluding hydrogens is 312 g/mol. The van der Waals surface area contributed by atoms with Gasteiger partial charge in [0.15, 0.2) is 0 Å². The number of aliphatic hydroxyl groups is 2. The van der Waals surface area contributed by atoms with Gasteiger partial charge in [-0.2, -0.15) is 0 Å². The Morgan fingerprint density at radius 1 is 1.09 bits per heavy atom. The van der Waals surface area contributed by atoms with Crippen LogP contribution in [0.4, 0.5) is 0 Å². The van der Waals surface area contributed by atoms with Crippen molar-refractivity contribution in [3.8, 4) is 0 Å². The molecule has 0 bridgehead atoms. The monoisotopic (exact) mass is 334 g/mol. The van der Waals surface area contributed by atoms with Gasteiger partial charge in [-0.25, -0.2) is 4.79 Å². The number of rotatable bonds is 9. The van der Waals surface area contributed by atoms with Gasteiger partial charge in [-0.1, -0.05) is 0 Å². The molecule has 0 saturated carbocycles. The van der Waals surface area contributed by atoms with Gasteiger partial charge in [0.05, 0.1) is 25.3 Å². The largest absolute Gasteiger partial charge is 0.480 e. The van der Waals surface area contributed by atoms with Crippen LogP contribution in [0.15, 0.2) is 0 Å². The number of carbonyl (C=O) groups is 4. The quantitative estimate of drug-likeness (QED) is 0.221. The second-order valence-corrected chi connectivity index (χ2v) is 4.87. The van der Waals surface area contributed by atoms with Crippen molar-refractivity contribution in [1.29, 1.82) is 0 Å². The average Bonchev–Trinajstić information content (AvgIpc) is 2.46. The Morgan fingerprint density at radius 3 is 2.04 bits per heavy atom. The Balaban J connectivity index is 4.67. The Morgan fingerprint density at radius 2 is 1.65 bits per heavy atom. The molecule has 0 aromatic rings. The maximum Gasteiger partial charge on any atom is 0.328 e. The second kappa shape index (κ2) is 9.71. The molecule has 0 aromatic heterocycles. The molecule has 11 heteroatoms. The van der Waals surface area contributed by atoms with Gasteiger partial charge in [-0.3, -0.25) is 14.4 Å². The number of aliphatic carboxylic acids is 1. The third kappa shape index (κ3) is 7.54. The highest BCUT2D eigenvalue weighted by Crippen LogP contribution is 1.95. The molecule has 3 amide bonds. The molecule has 0 aliphatic rings. The number of hydrogen-bond donors (Lipinski definition) is 7. The lowest BCUT2D eigenvalue weighted by Crippen LogP contribution is -2.57. The first-order valence-corrected chi connectivity index (χ1v) is 6.74. The van der Waals surface area contributed by atoms with Gasteiger partial charge in [0.1, 0.15) is 12.1 Å². The first-order chi connectivity index (χ1) is 10.6. The fourth-order valence-corrected chi connectivity index (χ4v) is 1.41. The molecule has 11 nitrogen and oxygen atoms in total. The Kier molecular flexibility index (Phi) is 8.77. The summed E-state index contributed by atoms with van der Waals surface area (Å²) >= 11 is 0. The van der Waals surface area contributed by atoms with Crippen molar-refractivity contribution in [2.24, 2.45) is 5.73 Å². The van der Waals surface area contributed by atoms with Crippen molar-refractivity contribution in [1.82, 2.24) is 16.0 Å². The van der Waals surface area contributed by atoms with Crippen LogP contribution in [-0.2, 0) is 19.2 Å². The number of hydrogen-bond acceptors (Lipinski definition) is 7. The summed E-state index contributed by atoms with van der Waals surface area (Å²) in [5, 5.41) is 33.4. The number of carboxylic acid groups (broad SMARTS) is 1. The first kappa shape index (κ1) is 20.8. The molecule has 4 unspecified atom stereocenters. The van der Waals surface area contributed by atoms with Crippen molar-refractivity contribution in [2.75, 3.05) is 13.2 Å². The molecule has 0 aliphatic heterocycles. The van der Waals surface area contributed by atoms with Crippen molar-refractivity contribution >= 4 is 23.7 Å². The molecule has 0 aromatic carbocycles. The van der Waals surface area contributed by atoms with Gasteiger partial charge in [0, 0.05) is 0 Å². The Hall–Kier alpha value is -2.24. The highest BCUT2D eigenvalue weighted by atomic mass is 16.4. The molecular formula is C12H22N4O7. The van der Waals surface area contributed by atoms with Crippen molar-refractivity contribution in [3.63, 3.8) is 0 Å². The molecule has 0 saturated heterocycles. The minimum absolute atomic E-state index is 0.473. The minimum Gasteiger partial charge on any atom is -0.480 e. The first-order valence-electron chi connectivity index (χ1n) is 6.74. The van der Waals surface area contributed by atoms with Gasteiger partial charge < -0.3 is 37.0 Å². The average molecular weight is 334 g/mol. The summed E-state index contributed by atoms with van der Waals surface area (Å²) < 4.78 is 0. The Bertz CT molecular complexity index is 453. The van der Waals surface area contributed by atoms with E-state index in [1.165, 1.54) is 13.8 Å². The molecule has 8 N–H and O–H groups in total. The van der Waals surface area contributed by atoms with Crippen molar-refractivity contribution in [2.45, 2.75) is 38.1 Å². The van der Waals surface area contributed by atoms with Crippen LogP contribution in [-0.4, -0.2) is 76.4 Å². The van der Waals surface area contributed by atoms with E-state index in [-0.39, 0.29) is 0 Å². The maximum absolute atomic E-state index is 11.9. The molecule has 0 fully saturated rings. The van der Waals surface area contributed by atoms with E-state index >= 15 is 0 Å². The van der Waals surface area contributed by atoms with E-state index in [1.807, 2.05) is 5.32 Å². The number of carbonyl (C=O) groups excluding carboxylic acids is 3. The fourth-order valence-electron chi connectivity index (χ4n) is 1.41. The molecule has 0 aliphatic carbocycles. The summed E-state index contributed by atoms with van der Waals surface area (Å²) in [7, 11) is 0. The van der Waals surface area contributed by atoms with E-state index < -0.39 is 61.1 Å². The standard InChI is InChI=1S/C12H22N4O7/c1-5(13)10(20)14-3-8(19)16-9(6(2)18)11(21)15-7(4-17)12(22)23/h5-7,9,17-18H,3-4,13H2,1-2H3,(H,14,20)(H,15,21)(H,16,19)(H,22,23). The van der Waals surface area contributed by atoms with Crippen LogP contribution in [0.1, 0.15) is 13.8 Å². The number of carboxylic acids is 1. The summed E-state index contributed by atoms with van der Waals surface area (Å²) in [4.78, 5) is 45.5. The lowest BCUT2D eigenvalue weighted by Gasteiger charge is -2.22. The topological polar surface area (TPSA) is 191 Å². The molecule has 0 radical (unpaired) electrons. The minimum atomic E-state index is -1.57. The summed E-state index contributed by atoms with van der Waals surface area (Å²) in [6.45, 7) is 1.30. The van der Waals surface area contributed by atoms with Gasteiger partial charge in [-0.15, -0.1) is 0 Å². The van der Waals surface area contributed by atoms with Gasteiger partial charge in [-0.05, 0) is 13.8 Å². The zero-order valence-electron chi connectivity index (χ0n) is 12.8. The zero-order valence-corrected chi connectivity index (χ0v) is 12.8. The number of nitrogens with one attached hydrogen (secondary N) is 3. The maximum atomic E-state index is 11.9. The fraction of sp³-hybridized carbons (Fsp3) is 0.667. The smallest absolute Gasteiger partial charge is 0.328 e. The second-order valence-electron chi connectivity index (χ2n) is 4.87. The zero-order chi connectivity index (χ0) is 18.2. The summed E-state index contributed by atoms with van der Waals surface area (Å²) in [5.74, 6) is -3.82. The summed E-state index contributed by atoms with van der Waals surface area (Å²) in [6, 6.07) is -3.85. The normalized spacial score (nSPS) is 15.7. The van der Waals surface area contributed by atoms with Gasteiger partial charge >= 0.3 is 5.97 Å². The van der Waals surface area contributed by atoms with Crippen LogP contribution < -0.4 is 21.7 Å². The molecule has 0 spiro atoms. The van der Waals surface area contributed by atoms with E-state index in [9.17, 15) is 24.3 Å². The highest BCUT2D eigenvalue weighted by molar-refractivity contribution is 5.92. The van der Waals surface area contributed by atoms with E-state index in [2.05, 4.69) is 10.6 Å². The predicted molar refractivity (Wildman–Crippen MR) is 76.9 cm³/mol. The number of aliphatic hydroxyl groups excluding tert-OH is 2. The van der Waals surface area contributed by atoms with E-state index in [0.29, 0.717) is 0 Å². The van der Waals surface area contributed by atoms with Crippen LogP contribution in [0.5, 0.6) is 0 Å². The molecule has 4 atom stereocenters. The highest BCUT2D eigenvalue weighted by Gasteiger charge is 2.29. The van der Waals surface area contributed by atoms with E-state index in [1.54, 1.807) is 0 Å². The van der Waals surface area contributed by atoms with Crippen LogP contribution in [0.2, 0.25) is 0 Å². The number of amides is 3. The molecule has 23 heavy (non-hydrogen) atoms. The van der Waals surface area contributed by atoms with Crippen molar-refractivity contribution in [3.05, 3.63) is 0 Å². The van der Waals surface area contributed by atoms with Gasteiger partial charge in [0.2, 0.25) is 17.7 Å². The van der Waals surface area contributed by atoms with E-state index in [4.69, 9.17) is 15.9 Å². The van der Waals surface area contributed by atoms with Crippen LogP contribution >= 0.6 is 0 Å². The molecule has 132 valence electrons. The lowest BCUT2D eigenvalue weighted by molar-refractivity contribution is -0.144. The Labute approximate surface area is 132 Å². The van der Waals surface area contributed by atoms with Crippen LogP contribution in [0.25, 0.3) is 0 Å². The molecule has 0 heterocycles. The predicted octanol–water partition coefficient (Wildman–Crippen LogP) is -4.12. The van der Waals surface area contributed by atoms with E-state index in [0.717, 1.165) is 0 Å². The van der Waals surface area contributed by atoms with Crippen molar-refractivity contribution < 1.29 is 34.5 Å². The van der Waals surface area contributed by atoms with Crippen LogP contribution in [0.3, 0.4) is 0 Å². The number of nitrogens with two attached hydrogens (primary N) is 1. The van der Waals surface area contributed by atoms with Crippen LogP contribution in [0, 0.1) is 0 Å². The lowest BCUT2D eigenvalue weighted by atomic mass is 10.1. The summed E-state index contributed by atoms with van der Waals surface area (Å²) in [6.07, 6.45) is -1.34. The third-order valence-electron chi connectivity index (χ3n) is 2.72. The van der Waals surface area contributed by atoms with Gasteiger partial charge in [0.25, 0.3) is 0 Å².